The molecule has 1 unspecified atom stereocenters. The highest BCUT2D eigenvalue weighted by atomic mass is 32.1. The minimum absolute atomic E-state index is 0.379. The molecule has 0 bridgehead atoms. The number of rotatable bonds is 4. The summed E-state index contributed by atoms with van der Waals surface area (Å²) in [5.74, 6) is 0.379. The molecule has 74 valence electrons. The summed E-state index contributed by atoms with van der Waals surface area (Å²) >= 11 is 1.45. The van der Waals surface area contributed by atoms with Gasteiger partial charge in [0.05, 0.1) is 9.88 Å². The zero-order chi connectivity index (χ0) is 9.84. The van der Waals surface area contributed by atoms with Crippen LogP contribution in [0.1, 0.15) is 42.2 Å². The number of alkyl halides is 1. The Morgan fingerprint density at radius 2 is 2.31 bits per heavy atom. The van der Waals surface area contributed by atoms with E-state index in [1.807, 2.05) is 0 Å². The van der Waals surface area contributed by atoms with Crippen LogP contribution in [0.4, 0.5) is 4.39 Å². The fourth-order valence-corrected chi connectivity index (χ4v) is 1.93. The topological polar surface area (TPSA) is 38.9 Å². The van der Waals surface area contributed by atoms with Gasteiger partial charge < -0.3 is 5.73 Å². The van der Waals surface area contributed by atoms with E-state index in [1.54, 1.807) is 6.20 Å². The lowest BCUT2D eigenvalue weighted by Gasteiger charge is -2.01. The molecule has 0 aliphatic carbocycles. The Kier molecular flexibility index (Phi) is 3.81. The molecule has 1 aromatic rings. The van der Waals surface area contributed by atoms with Crippen LogP contribution in [0.2, 0.25) is 0 Å². The lowest BCUT2D eigenvalue weighted by Crippen LogP contribution is -2.02. The quantitative estimate of drug-likeness (QED) is 0.815. The minimum Gasteiger partial charge on any atom is -0.330 e. The van der Waals surface area contributed by atoms with Crippen LogP contribution in [-0.4, -0.2) is 11.5 Å². The van der Waals surface area contributed by atoms with E-state index in [1.165, 1.54) is 11.3 Å². The Balaban J connectivity index is 2.67. The first-order valence-corrected chi connectivity index (χ1v) is 5.26. The maximum absolute atomic E-state index is 13.3. The highest BCUT2D eigenvalue weighted by Crippen LogP contribution is 2.29. The fourth-order valence-electron chi connectivity index (χ4n) is 1.00. The van der Waals surface area contributed by atoms with Crippen molar-refractivity contribution >= 4 is 11.3 Å². The van der Waals surface area contributed by atoms with Crippen LogP contribution in [0.3, 0.4) is 0 Å². The number of hydrogen-bond acceptors (Lipinski definition) is 3. The number of aromatic nitrogens is 1. The lowest BCUT2D eigenvalue weighted by atomic mass is 10.2. The highest BCUT2D eigenvalue weighted by molar-refractivity contribution is 7.11. The molecule has 1 atom stereocenters. The van der Waals surface area contributed by atoms with Crippen molar-refractivity contribution in [3.05, 3.63) is 16.1 Å². The van der Waals surface area contributed by atoms with Gasteiger partial charge in [0, 0.05) is 12.1 Å². The Labute approximate surface area is 82.0 Å². The van der Waals surface area contributed by atoms with Gasteiger partial charge in [-0.2, -0.15) is 0 Å². The molecule has 0 saturated heterocycles. The molecule has 0 aliphatic heterocycles. The van der Waals surface area contributed by atoms with Gasteiger partial charge in [-0.05, 0) is 13.0 Å². The molecule has 0 fully saturated rings. The summed E-state index contributed by atoms with van der Waals surface area (Å²) in [5.41, 5.74) is 5.28. The van der Waals surface area contributed by atoms with Gasteiger partial charge in [0.1, 0.15) is 6.17 Å². The molecule has 2 nitrogen and oxygen atoms in total. The van der Waals surface area contributed by atoms with Crippen molar-refractivity contribution in [2.24, 2.45) is 5.73 Å². The fraction of sp³-hybridized carbons (Fsp3) is 0.667. The summed E-state index contributed by atoms with van der Waals surface area (Å²) in [6, 6.07) is 0. The van der Waals surface area contributed by atoms with E-state index >= 15 is 0 Å². The molecule has 1 rings (SSSR count). The molecule has 0 saturated carbocycles. The third-order valence-electron chi connectivity index (χ3n) is 1.76. The second kappa shape index (κ2) is 4.67. The van der Waals surface area contributed by atoms with Gasteiger partial charge in [0.25, 0.3) is 0 Å². The molecule has 1 heterocycles. The summed E-state index contributed by atoms with van der Waals surface area (Å²) in [6.45, 7) is 4.49. The zero-order valence-corrected chi connectivity index (χ0v) is 8.77. The van der Waals surface area contributed by atoms with E-state index in [4.69, 9.17) is 5.73 Å². The van der Waals surface area contributed by atoms with Crippen molar-refractivity contribution in [3.8, 4) is 0 Å². The third-order valence-corrected chi connectivity index (χ3v) is 3.15. The molecule has 1 aromatic heterocycles. The first kappa shape index (κ1) is 10.6. The van der Waals surface area contributed by atoms with E-state index in [-0.39, 0.29) is 0 Å². The standard InChI is InChI=1S/C9H15FN2S/c1-6(2)9-12-5-8(13-9)7(10)3-4-11/h5-7H,3-4,11H2,1-2H3. The second-order valence-electron chi connectivity index (χ2n) is 3.30. The van der Waals surface area contributed by atoms with Crippen molar-refractivity contribution in [2.45, 2.75) is 32.4 Å². The molecule has 0 amide bonds. The van der Waals surface area contributed by atoms with Crippen LogP contribution >= 0.6 is 11.3 Å². The number of halogens is 1. The van der Waals surface area contributed by atoms with Crippen molar-refractivity contribution in [1.82, 2.24) is 4.98 Å². The van der Waals surface area contributed by atoms with E-state index in [0.29, 0.717) is 23.8 Å². The molecule has 0 spiro atoms. The summed E-state index contributed by atoms with van der Waals surface area (Å²) in [7, 11) is 0. The average molecular weight is 202 g/mol. The van der Waals surface area contributed by atoms with Gasteiger partial charge in [0.15, 0.2) is 0 Å². The van der Waals surface area contributed by atoms with Crippen LogP contribution < -0.4 is 5.73 Å². The molecule has 4 heteroatoms. The third kappa shape index (κ3) is 2.74. The largest absolute Gasteiger partial charge is 0.330 e. The monoisotopic (exact) mass is 202 g/mol. The summed E-state index contributed by atoms with van der Waals surface area (Å²) in [5, 5.41) is 0.995. The SMILES string of the molecule is CC(C)c1ncc(C(F)CCN)s1. The van der Waals surface area contributed by atoms with Crippen molar-refractivity contribution in [3.63, 3.8) is 0 Å². The molecule has 2 N–H and O–H groups in total. The normalized spacial score (nSPS) is 13.6. The average Bonchev–Trinajstić information content (AvgIpc) is 2.52. The zero-order valence-electron chi connectivity index (χ0n) is 7.96. The van der Waals surface area contributed by atoms with E-state index in [9.17, 15) is 4.39 Å². The van der Waals surface area contributed by atoms with Gasteiger partial charge in [-0.25, -0.2) is 9.37 Å². The van der Waals surface area contributed by atoms with Gasteiger partial charge in [-0.1, -0.05) is 13.8 Å². The minimum atomic E-state index is -0.935. The summed E-state index contributed by atoms with van der Waals surface area (Å²) in [4.78, 5) is 4.86. The van der Waals surface area contributed by atoms with Gasteiger partial charge in [-0.15, -0.1) is 11.3 Å². The summed E-state index contributed by atoms with van der Waals surface area (Å²) < 4.78 is 13.3. The van der Waals surface area contributed by atoms with Crippen LogP contribution in [0.15, 0.2) is 6.20 Å². The first-order chi connectivity index (χ1) is 6.15. The number of thiazole rings is 1. The second-order valence-corrected chi connectivity index (χ2v) is 4.39. The highest BCUT2D eigenvalue weighted by Gasteiger charge is 2.13. The number of hydrogen-bond donors (Lipinski definition) is 1. The van der Waals surface area contributed by atoms with E-state index in [0.717, 1.165) is 5.01 Å². The summed E-state index contributed by atoms with van der Waals surface area (Å²) in [6.07, 6.45) is 1.08. The molecule has 13 heavy (non-hydrogen) atoms. The first-order valence-electron chi connectivity index (χ1n) is 4.45. The molecular weight excluding hydrogens is 187 g/mol. The van der Waals surface area contributed by atoms with Crippen LogP contribution in [-0.2, 0) is 0 Å². The molecule has 0 aliphatic rings. The predicted octanol–water partition coefficient (Wildman–Crippen LogP) is 2.63. The van der Waals surface area contributed by atoms with E-state index in [2.05, 4.69) is 18.8 Å². The molecule has 0 radical (unpaired) electrons. The van der Waals surface area contributed by atoms with Crippen LogP contribution in [0, 0.1) is 0 Å². The van der Waals surface area contributed by atoms with Crippen LogP contribution in [0.5, 0.6) is 0 Å². The van der Waals surface area contributed by atoms with Crippen molar-refractivity contribution in [1.29, 1.82) is 0 Å². The maximum atomic E-state index is 13.3. The lowest BCUT2D eigenvalue weighted by molar-refractivity contribution is 0.333. The van der Waals surface area contributed by atoms with Crippen molar-refractivity contribution < 1.29 is 4.39 Å². The Morgan fingerprint density at radius 1 is 1.62 bits per heavy atom. The Morgan fingerprint density at radius 3 is 2.77 bits per heavy atom. The molecular formula is C9H15FN2S. The van der Waals surface area contributed by atoms with Crippen LogP contribution in [0.25, 0.3) is 0 Å². The van der Waals surface area contributed by atoms with Crippen molar-refractivity contribution in [2.75, 3.05) is 6.54 Å². The Hall–Kier alpha value is -0.480. The maximum Gasteiger partial charge on any atom is 0.137 e. The van der Waals surface area contributed by atoms with Gasteiger partial charge >= 0.3 is 0 Å². The smallest absolute Gasteiger partial charge is 0.137 e. The number of nitrogens with two attached hydrogens (primary N) is 1. The van der Waals surface area contributed by atoms with Gasteiger partial charge in [0.2, 0.25) is 0 Å². The molecule has 0 aromatic carbocycles. The predicted molar refractivity (Wildman–Crippen MR) is 53.7 cm³/mol. The van der Waals surface area contributed by atoms with E-state index < -0.39 is 6.17 Å². The van der Waals surface area contributed by atoms with Gasteiger partial charge in [-0.3, -0.25) is 0 Å². The Bertz CT molecular complexity index is 260. The number of nitrogens with zero attached hydrogens (tertiary/aromatic N) is 1.